The lowest BCUT2D eigenvalue weighted by atomic mass is 10.1. The van der Waals surface area contributed by atoms with Crippen molar-refractivity contribution in [2.75, 3.05) is 6.54 Å². The van der Waals surface area contributed by atoms with Gasteiger partial charge in [0.2, 0.25) is 17.7 Å². The maximum Gasteiger partial charge on any atom is 0.249 e. The van der Waals surface area contributed by atoms with E-state index in [0.29, 0.717) is 41.8 Å². The van der Waals surface area contributed by atoms with Crippen molar-refractivity contribution in [2.24, 2.45) is 0 Å². The molecular formula is C20H20ClN3O2. The maximum atomic E-state index is 11.9. The summed E-state index contributed by atoms with van der Waals surface area (Å²) < 4.78 is 5.60. The Morgan fingerprint density at radius 1 is 1.00 bits per heavy atom. The van der Waals surface area contributed by atoms with Crippen LogP contribution in [0.1, 0.15) is 24.3 Å². The largest absolute Gasteiger partial charge is 0.421 e. The van der Waals surface area contributed by atoms with Gasteiger partial charge in [0, 0.05) is 19.4 Å². The molecule has 134 valence electrons. The van der Waals surface area contributed by atoms with E-state index in [2.05, 4.69) is 27.6 Å². The number of amides is 1. The molecule has 1 N–H and O–H groups in total. The summed E-state index contributed by atoms with van der Waals surface area (Å²) in [5.74, 6) is 0.781. The standard InChI is InChI=1S/C20H20ClN3O2/c21-17-11-5-4-10-16(17)20-24-23-19(26-20)13-12-18(25)22-14-6-9-15-7-2-1-3-8-15/h1-5,7-8,10-11H,6,9,12-14H2,(H,22,25). The molecule has 0 fully saturated rings. The van der Waals surface area contributed by atoms with E-state index in [-0.39, 0.29) is 5.91 Å². The fourth-order valence-corrected chi connectivity index (χ4v) is 2.79. The van der Waals surface area contributed by atoms with Crippen LogP contribution in [-0.2, 0) is 17.6 Å². The van der Waals surface area contributed by atoms with E-state index in [0.717, 1.165) is 12.8 Å². The number of aromatic nitrogens is 2. The fourth-order valence-electron chi connectivity index (χ4n) is 2.57. The Bertz CT molecular complexity index is 849. The predicted octanol–water partition coefficient (Wildman–Crippen LogP) is 4.07. The predicted molar refractivity (Wildman–Crippen MR) is 101 cm³/mol. The van der Waals surface area contributed by atoms with Crippen LogP contribution in [0.15, 0.2) is 59.0 Å². The van der Waals surface area contributed by atoms with Gasteiger partial charge in [-0.05, 0) is 30.5 Å². The van der Waals surface area contributed by atoms with Crippen LogP contribution < -0.4 is 5.32 Å². The fraction of sp³-hybridized carbons (Fsp3) is 0.250. The first-order chi connectivity index (χ1) is 12.7. The van der Waals surface area contributed by atoms with Crippen LogP contribution >= 0.6 is 11.6 Å². The molecule has 1 heterocycles. The summed E-state index contributed by atoms with van der Waals surface area (Å²) in [6, 6.07) is 17.5. The van der Waals surface area contributed by atoms with Crippen LogP contribution in [-0.4, -0.2) is 22.6 Å². The Morgan fingerprint density at radius 2 is 1.77 bits per heavy atom. The van der Waals surface area contributed by atoms with Crippen LogP contribution in [0, 0.1) is 0 Å². The van der Waals surface area contributed by atoms with Crippen molar-refractivity contribution in [3.8, 4) is 11.5 Å². The highest BCUT2D eigenvalue weighted by molar-refractivity contribution is 6.33. The first-order valence-corrected chi connectivity index (χ1v) is 8.98. The monoisotopic (exact) mass is 369 g/mol. The maximum absolute atomic E-state index is 11.9. The van der Waals surface area contributed by atoms with E-state index in [1.165, 1.54) is 5.56 Å². The number of carbonyl (C=O) groups is 1. The van der Waals surface area contributed by atoms with Gasteiger partial charge in [0.15, 0.2) is 0 Å². The molecule has 1 amide bonds. The molecule has 0 unspecified atom stereocenters. The molecular weight excluding hydrogens is 350 g/mol. The van der Waals surface area contributed by atoms with Gasteiger partial charge in [-0.3, -0.25) is 4.79 Å². The average Bonchev–Trinajstić information content (AvgIpc) is 3.13. The summed E-state index contributed by atoms with van der Waals surface area (Å²) in [6.45, 7) is 0.655. The summed E-state index contributed by atoms with van der Waals surface area (Å²) in [5, 5.41) is 11.5. The Hall–Kier alpha value is -2.66. The second-order valence-corrected chi connectivity index (χ2v) is 6.33. The van der Waals surface area contributed by atoms with Gasteiger partial charge in [-0.2, -0.15) is 0 Å². The summed E-state index contributed by atoms with van der Waals surface area (Å²) in [7, 11) is 0. The van der Waals surface area contributed by atoms with Crippen LogP contribution in [0.25, 0.3) is 11.5 Å². The van der Waals surface area contributed by atoms with Crippen LogP contribution in [0.4, 0.5) is 0 Å². The van der Waals surface area contributed by atoms with E-state index in [4.69, 9.17) is 16.0 Å². The molecule has 0 aliphatic heterocycles. The van der Waals surface area contributed by atoms with Crippen molar-refractivity contribution in [3.63, 3.8) is 0 Å². The van der Waals surface area contributed by atoms with Crippen LogP contribution in [0.3, 0.4) is 0 Å². The topological polar surface area (TPSA) is 68.0 Å². The first kappa shape index (κ1) is 18.1. The van der Waals surface area contributed by atoms with E-state index in [1.54, 1.807) is 6.07 Å². The van der Waals surface area contributed by atoms with Gasteiger partial charge in [-0.25, -0.2) is 0 Å². The van der Waals surface area contributed by atoms with Gasteiger partial charge in [-0.1, -0.05) is 54.1 Å². The third kappa shape index (κ3) is 5.17. The Kier molecular flexibility index (Phi) is 6.39. The number of hydrogen-bond donors (Lipinski definition) is 1. The van der Waals surface area contributed by atoms with Gasteiger partial charge in [0.05, 0.1) is 10.6 Å². The first-order valence-electron chi connectivity index (χ1n) is 8.60. The minimum absolute atomic E-state index is 0.0180. The lowest BCUT2D eigenvalue weighted by Crippen LogP contribution is -2.25. The van der Waals surface area contributed by atoms with Gasteiger partial charge in [0.1, 0.15) is 0 Å². The average molecular weight is 370 g/mol. The molecule has 6 heteroatoms. The third-order valence-corrected chi connectivity index (χ3v) is 4.27. The minimum atomic E-state index is -0.0180. The SMILES string of the molecule is O=C(CCc1nnc(-c2ccccc2Cl)o1)NCCCc1ccccc1. The van der Waals surface area contributed by atoms with Gasteiger partial charge in [-0.15, -0.1) is 10.2 Å². The normalized spacial score (nSPS) is 10.7. The summed E-state index contributed by atoms with van der Waals surface area (Å²) in [4.78, 5) is 11.9. The molecule has 0 spiro atoms. The van der Waals surface area contributed by atoms with Gasteiger partial charge >= 0.3 is 0 Å². The summed E-state index contributed by atoms with van der Waals surface area (Å²) in [6.07, 6.45) is 2.58. The number of nitrogens with one attached hydrogen (secondary N) is 1. The number of hydrogen-bond acceptors (Lipinski definition) is 4. The Balaban J connectivity index is 1.40. The van der Waals surface area contributed by atoms with Crippen molar-refractivity contribution in [1.82, 2.24) is 15.5 Å². The number of carbonyl (C=O) groups excluding carboxylic acids is 1. The van der Waals surface area contributed by atoms with Crippen LogP contribution in [0.5, 0.6) is 0 Å². The number of rotatable bonds is 8. The molecule has 0 bridgehead atoms. The molecule has 3 aromatic rings. The molecule has 0 atom stereocenters. The number of aryl methyl sites for hydroxylation is 2. The molecule has 0 radical (unpaired) electrons. The molecule has 5 nitrogen and oxygen atoms in total. The Labute approximate surface area is 157 Å². The lowest BCUT2D eigenvalue weighted by molar-refractivity contribution is -0.121. The van der Waals surface area contributed by atoms with Crippen molar-refractivity contribution in [1.29, 1.82) is 0 Å². The third-order valence-electron chi connectivity index (χ3n) is 3.94. The minimum Gasteiger partial charge on any atom is -0.421 e. The number of halogens is 1. The van der Waals surface area contributed by atoms with Crippen molar-refractivity contribution in [2.45, 2.75) is 25.7 Å². The van der Waals surface area contributed by atoms with E-state index >= 15 is 0 Å². The second kappa shape index (κ2) is 9.15. The number of benzene rings is 2. The highest BCUT2D eigenvalue weighted by Crippen LogP contribution is 2.26. The van der Waals surface area contributed by atoms with Crippen molar-refractivity contribution < 1.29 is 9.21 Å². The van der Waals surface area contributed by atoms with E-state index in [9.17, 15) is 4.79 Å². The quantitative estimate of drug-likeness (QED) is 0.608. The van der Waals surface area contributed by atoms with Crippen molar-refractivity contribution in [3.05, 3.63) is 71.1 Å². The molecule has 0 aliphatic carbocycles. The zero-order valence-electron chi connectivity index (χ0n) is 14.3. The summed E-state index contributed by atoms with van der Waals surface area (Å²) >= 11 is 6.12. The van der Waals surface area contributed by atoms with Gasteiger partial charge < -0.3 is 9.73 Å². The van der Waals surface area contributed by atoms with Crippen LogP contribution in [0.2, 0.25) is 5.02 Å². The lowest BCUT2D eigenvalue weighted by Gasteiger charge is -2.04. The molecule has 0 saturated carbocycles. The smallest absolute Gasteiger partial charge is 0.249 e. The van der Waals surface area contributed by atoms with E-state index < -0.39 is 0 Å². The highest BCUT2D eigenvalue weighted by atomic mass is 35.5. The zero-order chi connectivity index (χ0) is 18.2. The molecule has 0 aliphatic rings. The molecule has 3 rings (SSSR count). The zero-order valence-corrected chi connectivity index (χ0v) is 15.1. The van der Waals surface area contributed by atoms with Crippen molar-refractivity contribution >= 4 is 17.5 Å². The molecule has 26 heavy (non-hydrogen) atoms. The highest BCUT2D eigenvalue weighted by Gasteiger charge is 2.12. The Morgan fingerprint density at radius 3 is 2.58 bits per heavy atom. The molecule has 2 aromatic carbocycles. The molecule has 1 aromatic heterocycles. The second-order valence-electron chi connectivity index (χ2n) is 5.92. The van der Waals surface area contributed by atoms with Gasteiger partial charge in [0.25, 0.3) is 0 Å². The summed E-state index contributed by atoms with van der Waals surface area (Å²) in [5.41, 5.74) is 1.97. The molecule has 0 saturated heterocycles. The van der Waals surface area contributed by atoms with E-state index in [1.807, 2.05) is 36.4 Å². The number of nitrogens with zero attached hydrogens (tertiary/aromatic N) is 2.